The average Bonchev–Trinajstić information content (AvgIpc) is 2.88. The maximum absolute atomic E-state index is 12.1. The molecule has 3 heterocycles. The molecule has 2 aromatic rings. The molecule has 0 radical (unpaired) electrons. The van der Waals surface area contributed by atoms with Gasteiger partial charge >= 0.3 is 5.69 Å². The Morgan fingerprint density at radius 2 is 2.32 bits per heavy atom. The van der Waals surface area contributed by atoms with Crippen LogP contribution in [0.5, 0.6) is 0 Å². The second kappa shape index (κ2) is 6.57. The van der Waals surface area contributed by atoms with Crippen LogP contribution in [0, 0.1) is 0 Å². The molecule has 0 saturated carbocycles. The number of nitrogens with one attached hydrogen (secondary N) is 2. The van der Waals surface area contributed by atoms with Crippen molar-refractivity contribution in [3.8, 4) is 0 Å². The van der Waals surface area contributed by atoms with Crippen LogP contribution in [0.3, 0.4) is 0 Å². The summed E-state index contributed by atoms with van der Waals surface area (Å²) in [5.41, 5.74) is 1.62. The van der Waals surface area contributed by atoms with Gasteiger partial charge in [0, 0.05) is 25.7 Å². The SMILES string of the molecule is O=C(CCn1nc2ccccn2c1=O)NCC1=CCNCC1. The standard InChI is InChI=1S/C15H19N5O2/c21-14(17-11-12-4-7-16-8-5-12)6-10-20-15(22)19-9-2-1-3-13(19)18-20/h1-4,9,16H,5-8,10-11H2,(H,17,21). The van der Waals surface area contributed by atoms with Crippen molar-refractivity contribution in [1.82, 2.24) is 24.8 Å². The fraction of sp³-hybridized carbons (Fsp3) is 0.400. The number of nitrogens with zero attached hydrogens (tertiary/aromatic N) is 3. The second-order valence-corrected chi connectivity index (χ2v) is 5.28. The molecule has 0 saturated heterocycles. The Hall–Kier alpha value is -2.41. The molecular formula is C15H19N5O2. The Kier molecular flexibility index (Phi) is 4.34. The van der Waals surface area contributed by atoms with Gasteiger partial charge in [-0.25, -0.2) is 9.48 Å². The minimum Gasteiger partial charge on any atom is -0.352 e. The van der Waals surface area contributed by atoms with Gasteiger partial charge in [-0.1, -0.05) is 17.7 Å². The van der Waals surface area contributed by atoms with E-state index in [0.29, 0.717) is 12.2 Å². The lowest BCUT2D eigenvalue weighted by Gasteiger charge is -2.14. The van der Waals surface area contributed by atoms with Gasteiger partial charge < -0.3 is 10.6 Å². The van der Waals surface area contributed by atoms with Gasteiger partial charge in [0.05, 0.1) is 6.54 Å². The lowest BCUT2D eigenvalue weighted by atomic mass is 10.1. The topological polar surface area (TPSA) is 80.4 Å². The number of aryl methyl sites for hydroxylation is 1. The Labute approximate surface area is 127 Å². The quantitative estimate of drug-likeness (QED) is 0.757. The molecule has 116 valence electrons. The van der Waals surface area contributed by atoms with Gasteiger partial charge in [0.15, 0.2) is 5.65 Å². The molecule has 0 unspecified atom stereocenters. The summed E-state index contributed by atoms with van der Waals surface area (Å²) in [6, 6.07) is 5.37. The van der Waals surface area contributed by atoms with Gasteiger partial charge in [-0.05, 0) is 25.1 Å². The number of rotatable bonds is 5. The molecule has 0 aliphatic carbocycles. The number of hydrogen-bond acceptors (Lipinski definition) is 4. The predicted molar refractivity (Wildman–Crippen MR) is 82.6 cm³/mol. The first-order valence-corrected chi connectivity index (χ1v) is 7.43. The Balaban J connectivity index is 1.55. The molecule has 0 atom stereocenters. The first-order valence-electron chi connectivity index (χ1n) is 7.43. The normalized spacial score (nSPS) is 14.8. The summed E-state index contributed by atoms with van der Waals surface area (Å²) in [7, 11) is 0. The molecule has 2 aromatic heterocycles. The highest BCUT2D eigenvalue weighted by molar-refractivity contribution is 5.76. The van der Waals surface area contributed by atoms with E-state index in [1.165, 1.54) is 14.7 Å². The van der Waals surface area contributed by atoms with E-state index < -0.39 is 0 Å². The van der Waals surface area contributed by atoms with Crippen LogP contribution in [-0.2, 0) is 11.3 Å². The molecule has 0 fully saturated rings. The summed E-state index contributed by atoms with van der Waals surface area (Å²) in [6.07, 6.45) is 4.99. The van der Waals surface area contributed by atoms with Gasteiger partial charge in [0.2, 0.25) is 5.91 Å². The van der Waals surface area contributed by atoms with Crippen LogP contribution in [0.2, 0.25) is 0 Å². The summed E-state index contributed by atoms with van der Waals surface area (Å²) in [5, 5.41) is 10.3. The van der Waals surface area contributed by atoms with Crippen LogP contribution in [0.25, 0.3) is 5.65 Å². The monoisotopic (exact) mass is 301 g/mol. The maximum atomic E-state index is 12.1. The van der Waals surface area contributed by atoms with Crippen LogP contribution in [0.15, 0.2) is 40.8 Å². The van der Waals surface area contributed by atoms with Gasteiger partial charge in [0.25, 0.3) is 0 Å². The van der Waals surface area contributed by atoms with E-state index in [1.54, 1.807) is 18.3 Å². The lowest BCUT2D eigenvalue weighted by molar-refractivity contribution is -0.121. The van der Waals surface area contributed by atoms with Crippen LogP contribution in [0.4, 0.5) is 0 Å². The molecular weight excluding hydrogens is 282 g/mol. The molecule has 2 N–H and O–H groups in total. The third-order valence-electron chi connectivity index (χ3n) is 3.71. The largest absolute Gasteiger partial charge is 0.352 e. The van der Waals surface area contributed by atoms with Crippen LogP contribution in [-0.4, -0.2) is 39.7 Å². The van der Waals surface area contributed by atoms with E-state index in [2.05, 4.69) is 21.8 Å². The van der Waals surface area contributed by atoms with Gasteiger partial charge in [0.1, 0.15) is 0 Å². The van der Waals surface area contributed by atoms with Crippen molar-refractivity contribution >= 4 is 11.6 Å². The molecule has 1 aliphatic heterocycles. The van der Waals surface area contributed by atoms with Gasteiger partial charge in [-0.15, -0.1) is 5.10 Å². The highest BCUT2D eigenvalue weighted by Gasteiger charge is 2.09. The third-order valence-corrected chi connectivity index (χ3v) is 3.71. The van der Waals surface area contributed by atoms with E-state index in [-0.39, 0.29) is 24.6 Å². The fourth-order valence-electron chi connectivity index (χ4n) is 2.45. The molecule has 3 rings (SSSR count). The average molecular weight is 301 g/mol. The number of pyridine rings is 1. The zero-order chi connectivity index (χ0) is 15.4. The lowest BCUT2D eigenvalue weighted by Crippen LogP contribution is -2.31. The zero-order valence-electron chi connectivity index (χ0n) is 12.3. The molecule has 0 aromatic carbocycles. The number of carbonyl (C=O) groups is 1. The summed E-state index contributed by atoms with van der Waals surface area (Å²) in [4.78, 5) is 23.9. The smallest absolute Gasteiger partial charge is 0.350 e. The van der Waals surface area contributed by atoms with Crippen molar-refractivity contribution in [2.75, 3.05) is 19.6 Å². The number of amides is 1. The van der Waals surface area contributed by atoms with Crippen LogP contribution in [0.1, 0.15) is 12.8 Å². The molecule has 0 spiro atoms. The van der Waals surface area contributed by atoms with Crippen molar-refractivity contribution in [3.63, 3.8) is 0 Å². The number of carbonyl (C=O) groups excluding carboxylic acids is 1. The number of hydrogen-bond donors (Lipinski definition) is 2. The second-order valence-electron chi connectivity index (χ2n) is 5.28. The number of fused-ring (bicyclic) bond motifs is 1. The summed E-state index contributed by atoms with van der Waals surface area (Å²) in [6.45, 7) is 2.69. The summed E-state index contributed by atoms with van der Waals surface area (Å²) in [5.74, 6) is -0.0663. The first-order chi connectivity index (χ1) is 10.7. The molecule has 0 bridgehead atoms. The minimum absolute atomic E-state index is 0.0663. The van der Waals surface area contributed by atoms with E-state index >= 15 is 0 Å². The van der Waals surface area contributed by atoms with Crippen LogP contribution >= 0.6 is 0 Å². The van der Waals surface area contributed by atoms with Crippen molar-refractivity contribution in [1.29, 1.82) is 0 Å². The maximum Gasteiger partial charge on any atom is 0.350 e. The minimum atomic E-state index is -0.218. The third kappa shape index (κ3) is 3.25. The summed E-state index contributed by atoms with van der Waals surface area (Å²) >= 11 is 0. The Morgan fingerprint density at radius 1 is 1.41 bits per heavy atom. The van der Waals surface area contributed by atoms with Crippen LogP contribution < -0.4 is 16.3 Å². The van der Waals surface area contributed by atoms with Crippen molar-refractivity contribution in [3.05, 3.63) is 46.5 Å². The first kappa shape index (κ1) is 14.5. The van der Waals surface area contributed by atoms with E-state index in [4.69, 9.17) is 0 Å². The highest BCUT2D eigenvalue weighted by atomic mass is 16.2. The molecule has 22 heavy (non-hydrogen) atoms. The van der Waals surface area contributed by atoms with Gasteiger partial charge in [-0.3, -0.25) is 9.20 Å². The molecule has 7 nitrogen and oxygen atoms in total. The predicted octanol–water partition coefficient (Wildman–Crippen LogP) is -0.0780. The number of aromatic nitrogens is 3. The fourth-order valence-corrected chi connectivity index (χ4v) is 2.45. The molecule has 1 aliphatic rings. The van der Waals surface area contributed by atoms with E-state index in [0.717, 1.165) is 19.5 Å². The van der Waals surface area contributed by atoms with Gasteiger partial charge in [-0.2, -0.15) is 0 Å². The Morgan fingerprint density at radius 3 is 3.09 bits per heavy atom. The summed E-state index contributed by atoms with van der Waals surface area (Å²) < 4.78 is 2.80. The van der Waals surface area contributed by atoms with E-state index in [1.807, 2.05) is 6.07 Å². The van der Waals surface area contributed by atoms with Crippen molar-refractivity contribution in [2.45, 2.75) is 19.4 Å². The molecule has 7 heteroatoms. The van der Waals surface area contributed by atoms with Crippen molar-refractivity contribution < 1.29 is 4.79 Å². The highest BCUT2D eigenvalue weighted by Crippen LogP contribution is 2.02. The Bertz CT molecular complexity index is 759. The van der Waals surface area contributed by atoms with E-state index in [9.17, 15) is 9.59 Å². The zero-order valence-corrected chi connectivity index (χ0v) is 12.3. The van der Waals surface area contributed by atoms with Crippen molar-refractivity contribution in [2.24, 2.45) is 0 Å². The molecule has 1 amide bonds.